The van der Waals surface area contributed by atoms with Gasteiger partial charge >= 0.3 is 0 Å². The molecule has 122 valence electrons. The van der Waals surface area contributed by atoms with Gasteiger partial charge in [-0.2, -0.15) is 0 Å². The predicted octanol–water partition coefficient (Wildman–Crippen LogP) is 2.33. The lowest BCUT2D eigenvalue weighted by molar-refractivity contribution is 0.0943. The van der Waals surface area contributed by atoms with E-state index >= 15 is 0 Å². The number of aromatic nitrogens is 2. The summed E-state index contributed by atoms with van der Waals surface area (Å²) in [6, 6.07) is 4.18. The molecular weight excluding hydrogens is 292 g/mol. The van der Waals surface area contributed by atoms with E-state index in [9.17, 15) is 4.79 Å². The lowest BCUT2D eigenvalue weighted by atomic mass is 9.96. The molecule has 0 radical (unpaired) electrons. The monoisotopic (exact) mass is 314 g/mol. The minimum atomic E-state index is -0.101. The molecule has 6 heteroatoms. The molecule has 0 saturated carbocycles. The molecular formula is C17H22N4O2. The topological polar surface area (TPSA) is 71.3 Å². The summed E-state index contributed by atoms with van der Waals surface area (Å²) in [6.45, 7) is 6.48. The van der Waals surface area contributed by atoms with Gasteiger partial charge in [-0.3, -0.25) is 9.78 Å². The van der Waals surface area contributed by atoms with Crippen LogP contribution in [0.5, 0.6) is 0 Å². The maximum absolute atomic E-state index is 12.1. The molecule has 1 saturated heterocycles. The summed E-state index contributed by atoms with van der Waals surface area (Å²) < 4.78 is 4.93. The number of piperidine rings is 1. The zero-order chi connectivity index (χ0) is 16.2. The lowest BCUT2D eigenvalue weighted by Crippen LogP contribution is -2.38. The molecule has 6 nitrogen and oxygen atoms in total. The summed E-state index contributed by atoms with van der Waals surface area (Å²) in [5.74, 6) is 0.972. The Hall–Kier alpha value is -2.37. The number of nitrogens with one attached hydrogen (secondary N) is 1. The van der Waals surface area contributed by atoms with Crippen molar-refractivity contribution in [3.63, 3.8) is 0 Å². The predicted molar refractivity (Wildman–Crippen MR) is 87.5 cm³/mol. The fourth-order valence-electron chi connectivity index (χ4n) is 2.97. The third kappa shape index (κ3) is 3.70. The number of pyridine rings is 1. The van der Waals surface area contributed by atoms with Crippen LogP contribution in [0.15, 0.2) is 29.0 Å². The number of anilines is 1. The highest BCUT2D eigenvalue weighted by Gasteiger charge is 2.21. The Bertz CT molecular complexity index is 675. The molecule has 0 atom stereocenters. The molecule has 3 heterocycles. The van der Waals surface area contributed by atoms with E-state index in [4.69, 9.17) is 4.52 Å². The number of hydrogen-bond acceptors (Lipinski definition) is 5. The molecule has 0 bridgehead atoms. The maximum Gasteiger partial charge on any atom is 0.256 e. The zero-order valence-electron chi connectivity index (χ0n) is 13.6. The Morgan fingerprint density at radius 3 is 2.83 bits per heavy atom. The Kier molecular flexibility index (Phi) is 4.60. The van der Waals surface area contributed by atoms with E-state index in [1.807, 2.05) is 13.1 Å². The van der Waals surface area contributed by atoms with Gasteiger partial charge in [0.15, 0.2) is 0 Å². The van der Waals surface area contributed by atoms with Crippen molar-refractivity contribution in [3.05, 3.63) is 41.5 Å². The first-order valence-corrected chi connectivity index (χ1v) is 8.00. The van der Waals surface area contributed by atoms with Crippen LogP contribution >= 0.6 is 0 Å². The number of amides is 1. The molecule has 1 aliphatic heterocycles. The maximum atomic E-state index is 12.1. The van der Waals surface area contributed by atoms with Gasteiger partial charge in [-0.05, 0) is 44.7 Å². The second-order valence-corrected chi connectivity index (χ2v) is 6.09. The SMILES string of the molecule is Cc1cc(N2CCC(CNC(=O)c3cnoc3C)CC2)ccn1. The van der Waals surface area contributed by atoms with Crippen LogP contribution in [0.4, 0.5) is 5.69 Å². The van der Waals surface area contributed by atoms with Crippen molar-refractivity contribution in [1.82, 2.24) is 15.5 Å². The first kappa shape index (κ1) is 15.5. The highest BCUT2D eigenvalue weighted by Crippen LogP contribution is 2.23. The number of aryl methyl sites for hydroxylation is 2. The lowest BCUT2D eigenvalue weighted by Gasteiger charge is -2.33. The summed E-state index contributed by atoms with van der Waals surface area (Å²) in [5, 5.41) is 6.63. The van der Waals surface area contributed by atoms with Crippen LogP contribution in [0.3, 0.4) is 0 Å². The minimum absolute atomic E-state index is 0.101. The Morgan fingerprint density at radius 1 is 1.39 bits per heavy atom. The largest absolute Gasteiger partial charge is 0.371 e. The van der Waals surface area contributed by atoms with Gasteiger partial charge in [0.25, 0.3) is 5.91 Å². The average molecular weight is 314 g/mol. The van der Waals surface area contributed by atoms with Crippen LogP contribution in [-0.2, 0) is 0 Å². The van der Waals surface area contributed by atoms with E-state index in [0.717, 1.165) is 31.6 Å². The zero-order valence-corrected chi connectivity index (χ0v) is 13.6. The molecule has 3 rings (SSSR count). The van der Waals surface area contributed by atoms with Crippen LogP contribution in [0.25, 0.3) is 0 Å². The van der Waals surface area contributed by atoms with Crippen molar-refractivity contribution in [3.8, 4) is 0 Å². The standard InChI is InChI=1S/C17H22N4O2/c1-12-9-15(3-6-18-12)21-7-4-14(5-8-21)10-19-17(22)16-11-20-23-13(16)2/h3,6,9,11,14H,4-5,7-8,10H2,1-2H3,(H,19,22). The van der Waals surface area contributed by atoms with Crippen LogP contribution in [0.2, 0.25) is 0 Å². The Morgan fingerprint density at radius 2 is 2.17 bits per heavy atom. The first-order chi connectivity index (χ1) is 11.1. The molecule has 0 aromatic carbocycles. The van der Waals surface area contributed by atoms with Gasteiger partial charge in [0.05, 0.1) is 6.20 Å². The van der Waals surface area contributed by atoms with Crippen molar-refractivity contribution in [2.45, 2.75) is 26.7 Å². The van der Waals surface area contributed by atoms with Crippen molar-refractivity contribution in [2.24, 2.45) is 5.92 Å². The molecule has 1 N–H and O–H groups in total. The van der Waals surface area contributed by atoms with Gasteiger partial charge < -0.3 is 14.7 Å². The van der Waals surface area contributed by atoms with Gasteiger partial charge in [0.2, 0.25) is 0 Å². The summed E-state index contributed by atoms with van der Waals surface area (Å²) in [7, 11) is 0. The number of carbonyl (C=O) groups is 1. The van der Waals surface area contributed by atoms with Crippen LogP contribution in [-0.4, -0.2) is 35.7 Å². The molecule has 23 heavy (non-hydrogen) atoms. The summed E-state index contributed by atoms with van der Waals surface area (Å²) in [4.78, 5) is 18.7. The molecule has 1 amide bonds. The highest BCUT2D eigenvalue weighted by atomic mass is 16.5. The molecule has 2 aromatic rings. The number of hydrogen-bond donors (Lipinski definition) is 1. The van der Waals surface area contributed by atoms with E-state index in [-0.39, 0.29) is 5.91 Å². The van der Waals surface area contributed by atoms with Crippen LogP contribution in [0, 0.1) is 19.8 Å². The fraction of sp³-hybridized carbons (Fsp3) is 0.471. The van der Waals surface area contributed by atoms with Gasteiger partial charge in [0.1, 0.15) is 11.3 Å². The molecule has 0 spiro atoms. The molecule has 0 aliphatic carbocycles. The van der Waals surface area contributed by atoms with Gasteiger partial charge in [-0.25, -0.2) is 0 Å². The smallest absolute Gasteiger partial charge is 0.256 e. The Labute approximate surface area is 135 Å². The van der Waals surface area contributed by atoms with Crippen LogP contribution < -0.4 is 10.2 Å². The highest BCUT2D eigenvalue weighted by molar-refractivity contribution is 5.94. The van der Waals surface area contributed by atoms with Gasteiger partial charge in [-0.1, -0.05) is 5.16 Å². The van der Waals surface area contributed by atoms with Crippen molar-refractivity contribution in [1.29, 1.82) is 0 Å². The quantitative estimate of drug-likeness (QED) is 0.938. The average Bonchev–Trinajstić information content (AvgIpc) is 2.99. The first-order valence-electron chi connectivity index (χ1n) is 8.00. The Balaban J connectivity index is 1.48. The van der Waals surface area contributed by atoms with E-state index in [2.05, 4.69) is 32.5 Å². The molecule has 1 fully saturated rings. The van der Waals surface area contributed by atoms with Crippen LogP contribution in [0.1, 0.15) is 34.7 Å². The van der Waals surface area contributed by atoms with Crippen molar-refractivity contribution in [2.75, 3.05) is 24.5 Å². The normalized spacial score (nSPS) is 15.7. The van der Waals surface area contributed by atoms with E-state index in [0.29, 0.717) is 23.8 Å². The third-order valence-corrected chi connectivity index (χ3v) is 4.41. The summed E-state index contributed by atoms with van der Waals surface area (Å²) >= 11 is 0. The fourth-order valence-corrected chi connectivity index (χ4v) is 2.97. The number of rotatable bonds is 4. The molecule has 1 aliphatic rings. The number of carbonyl (C=O) groups excluding carboxylic acids is 1. The van der Waals surface area contributed by atoms with Crippen molar-refractivity contribution >= 4 is 11.6 Å². The second kappa shape index (κ2) is 6.81. The minimum Gasteiger partial charge on any atom is -0.371 e. The van der Waals surface area contributed by atoms with E-state index in [1.165, 1.54) is 11.9 Å². The second-order valence-electron chi connectivity index (χ2n) is 6.09. The number of nitrogens with zero attached hydrogens (tertiary/aromatic N) is 3. The molecule has 0 unspecified atom stereocenters. The summed E-state index contributed by atoms with van der Waals surface area (Å²) in [5.41, 5.74) is 2.80. The van der Waals surface area contributed by atoms with E-state index < -0.39 is 0 Å². The van der Waals surface area contributed by atoms with Gasteiger partial charge in [-0.15, -0.1) is 0 Å². The van der Waals surface area contributed by atoms with Gasteiger partial charge in [0, 0.05) is 37.2 Å². The van der Waals surface area contributed by atoms with E-state index in [1.54, 1.807) is 6.92 Å². The summed E-state index contributed by atoms with van der Waals surface area (Å²) in [6.07, 6.45) is 5.48. The third-order valence-electron chi connectivity index (χ3n) is 4.41. The van der Waals surface area contributed by atoms with Crippen molar-refractivity contribution < 1.29 is 9.32 Å². The molecule has 2 aromatic heterocycles.